The van der Waals surface area contributed by atoms with Gasteiger partial charge in [0.05, 0.1) is 6.07 Å². The minimum Gasteiger partial charge on any atom is -0.480 e. The SMILES string of the molecule is CCCCCCCCOCCCCCCCC.N#CCC(=O)O. The van der Waals surface area contributed by atoms with E-state index in [9.17, 15) is 4.79 Å². The first-order chi connectivity index (χ1) is 11.2. The van der Waals surface area contributed by atoms with E-state index < -0.39 is 12.4 Å². The highest BCUT2D eigenvalue weighted by Crippen LogP contribution is 2.06. The smallest absolute Gasteiger partial charge is 0.317 e. The number of carboxylic acids is 1. The van der Waals surface area contributed by atoms with Gasteiger partial charge < -0.3 is 9.84 Å². The molecule has 23 heavy (non-hydrogen) atoms. The van der Waals surface area contributed by atoms with Gasteiger partial charge in [0.25, 0.3) is 0 Å². The fourth-order valence-corrected chi connectivity index (χ4v) is 2.14. The normalized spacial score (nSPS) is 9.78. The van der Waals surface area contributed by atoms with Crippen LogP contribution in [-0.4, -0.2) is 24.3 Å². The van der Waals surface area contributed by atoms with Gasteiger partial charge in [0.15, 0.2) is 0 Å². The van der Waals surface area contributed by atoms with Gasteiger partial charge >= 0.3 is 5.97 Å². The Morgan fingerprint density at radius 2 is 1.22 bits per heavy atom. The van der Waals surface area contributed by atoms with Crippen molar-refractivity contribution >= 4 is 5.97 Å². The van der Waals surface area contributed by atoms with Crippen molar-refractivity contribution in [2.24, 2.45) is 0 Å². The molecule has 0 amide bonds. The summed E-state index contributed by atoms with van der Waals surface area (Å²) in [6.07, 6.45) is 15.9. The molecule has 0 spiro atoms. The van der Waals surface area contributed by atoms with E-state index in [0.717, 1.165) is 13.2 Å². The van der Waals surface area contributed by atoms with Crippen molar-refractivity contribution in [1.82, 2.24) is 0 Å². The summed E-state index contributed by atoms with van der Waals surface area (Å²) in [6.45, 7) is 6.51. The largest absolute Gasteiger partial charge is 0.480 e. The zero-order chi connectivity index (χ0) is 17.6. The monoisotopic (exact) mass is 327 g/mol. The lowest BCUT2D eigenvalue weighted by atomic mass is 10.1. The third-order valence-corrected chi connectivity index (χ3v) is 3.51. The first-order valence-electron chi connectivity index (χ1n) is 9.35. The van der Waals surface area contributed by atoms with Crippen LogP contribution < -0.4 is 0 Å². The van der Waals surface area contributed by atoms with Crippen LogP contribution in [0.1, 0.15) is 97.3 Å². The van der Waals surface area contributed by atoms with Crippen molar-refractivity contribution in [3.63, 3.8) is 0 Å². The van der Waals surface area contributed by atoms with Crippen molar-refractivity contribution in [1.29, 1.82) is 5.26 Å². The van der Waals surface area contributed by atoms with Gasteiger partial charge in [-0.15, -0.1) is 0 Å². The van der Waals surface area contributed by atoms with E-state index in [1.807, 2.05) is 0 Å². The molecule has 4 heteroatoms. The average molecular weight is 328 g/mol. The van der Waals surface area contributed by atoms with Crippen LogP contribution in [0.4, 0.5) is 0 Å². The van der Waals surface area contributed by atoms with Crippen LogP contribution >= 0.6 is 0 Å². The zero-order valence-corrected chi connectivity index (χ0v) is 15.3. The Kier molecular flexibility index (Phi) is 24.4. The summed E-state index contributed by atoms with van der Waals surface area (Å²) in [5.41, 5.74) is 0. The zero-order valence-electron chi connectivity index (χ0n) is 15.3. The molecule has 0 saturated carbocycles. The first kappa shape index (κ1) is 24.2. The first-order valence-corrected chi connectivity index (χ1v) is 9.35. The Labute approximate surface area is 143 Å². The van der Waals surface area contributed by atoms with Crippen molar-refractivity contribution in [2.45, 2.75) is 97.3 Å². The minimum atomic E-state index is -1.07. The maximum absolute atomic E-state index is 9.38. The second-order valence-corrected chi connectivity index (χ2v) is 5.88. The summed E-state index contributed by atoms with van der Waals surface area (Å²) < 4.78 is 5.65. The van der Waals surface area contributed by atoms with Crippen molar-refractivity contribution in [3.05, 3.63) is 0 Å². The number of hydrogen-bond acceptors (Lipinski definition) is 3. The summed E-state index contributed by atoms with van der Waals surface area (Å²) in [5.74, 6) is -1.07. The van der Waals surface area contributed by atoms with Crippen LogP contribution in [0.2, 0.25) is 0 Å². The van der Waals surface area contributed by atoms with E-state index in [4.69, 9.17) is 15.1 Å². The lowest BCUT2D eigenvalue weighted by molar-refractivity contribution is -0.135. The molecule has 0 aromatic heterocycles. The average Bonchev–Trinajstić information content (AvgIpc) is 2.52. The molecular formula is C19H37NO3. The molecule has 0 aromatic carbocycles. The summed E-state index contributed by atoms with van der Waals surface area (Å²) >= 11 is 0. The van der Waals surface area contributed by atoms with Gasteiger partial charge in [-0.25, -0.2) is 0 Å². The highest BCUT2D eigenvalue weighted by Gasteiger charge is 1.92. The Bertz CT molecular complexity index is 260. The predicted octanol–water partition coefficient (Wildman–Crippen LogP) is 5.71. The Morgan fingerprint density at radius 1 is 0.826 bits per heavy atom. The number of rotatable bonds is 15. The molecule has 4 nitrogen and oxygen atoms in total. The van der Waals surface area contributed by atoms with Gasteiger partial charge in [-0.05, 0) is 12.8 Å². The Morgan fingerprint density at radius 3 is 1.52 bits per heavy atom. The number of carboxylic acid groups (broad SMARTS) is 1. The van der Waals surface area contributed by atoms with Crippen LogP contribution in [-0.2, 0) is 9.53 Å². The maximum Gasteiger partial charge on any atom is 0.317 e. The molecule has 0 fully saturated rings. The lowest BCUT2D eigenvalue weighted by Gasteiger charge is -2.04. The number of hydrogen-bond donors (Lipinski definition) is 1. The van der Waals surface area contributed by atoms with E-state index >= 15 is 0 Å². The summed E-state index contributed by atoms with van der Waals surface area (Å²) in [6, 6.07) is 1.47. The molecule has 0 aromatic rings. The second kappa shape index (κ2) is 23.2. The van der Waals surface area contributed by atoms with E-state index in [1.54, 1.807) is 0 Å². The molecule has 0 rings (SSSR count). The highest BCUT2D eigenvalue weighted by atomic mass is 16.5. The van der Waals surface area contributed by atoms with Crippen LogP contribution in [0.15, 0.2) is 0 Å². The number of unbranched alkanes of at least 4 members (excludes halogenated alkanes) is 10. The second-order valence-electron chi connectivity index (χ2n) is 5.88. The van der Waals surface area contributed by atoms with E-state index in [1.165, 1.54) is 83.1 Å². The number of carbonyl (C=O) groups is 1. The molecule has 0 bridgehead atoms. The number of nitrogens with zero attached hydrogens (tertiary/aromatic N) is 1. The Balaban J connectivity index is 0. The van der Waals surface area contributed by atoms with Gasteiger partial charge in [0.2, 0.25) is 0 Å². The standard InChI is InChI=1S/C16H34O.C3H3NO2/c1-3-5-7-9-11-13-15-17-16-14-12-10-8-6-4-2;4-2-1-3(5)6/h3-16H2,1-2H3;1H2,(H,5,6). The molecule has 0 atom stereocenters. The molecule has 0 heterocycles. The van der Waals surface area contributed by atoms with Gasteiger partial charge in [0.1, 0.15) is 6.42 Å². The van der Waals surface area contributed by atoms with Crippen LogP contribution in [0.5, 0.6) is 0 Å². The fraction of sp³-hybridized carbons (Fsp3) is 0.895. The summed E-state index contributed by atoms with van der Waals surface area (Å²) in [5, 5.41) is 15.3. The topological polar surface area (TPSA) is 70.3 Å². The number of aliphatic carboxylic acids is 1. The molecule has 0 aliphatic carbocycles. The minimum absolute atomic E-state index is 0.403. The molecule has 0 radical (unpaired) electrons. The van der Waals surface area contributed by atoms with Gasteiger partial charge in [0, 0.05) is 13.2 Å². The van der Waals surface area contributed by atoms with Crippen molar-refractivity contribution in [2.75, 3.05) is 13.2 Å². The van der Waals surface area contributed by atoms with E-state index in [2.05, 4.69) is 13.8 Å². The molecule has 0 saturated heterocycles. The fourth-order valence-electron chi connectivity index (χ4n) is 2.14. The van der Waals surface area contributed by atoms with Crippen molar-refractivity contribution in [3.8, 4) is 6.07 Å². The van der Waals surface area contributed by atoms with Gasteiger partial charge in [-0.1, -0.05) is 78.1 Å². The molecular weight excluding hydrogens is 290 g/mol. The molecule has 0 aliphatic heterocycles. The molecule has 136 valence electrons. The van der Waals surface area contributed by atoms with Gasteiger partial charge in [-0.3, -0.25) is 4.79 Å². The summed E-state index contributed by atoms with van der Waals surface area (Å²) in [7, 11) is 0. The molecule has 1 N–H and O–H groups in total. The predicted molar refractivity (Wildman–Crippen MR) is 95.4 cm³/mol. The maximum atomic E-state index is 9.38. The third-order valence-electron chi connectivity index (χ3n) is 3.51. The van der Waals surface area contributed by atoms with Crippen LogP contribution in [0.25, 0.3) is 0 Å². The lowest BCUT2D eigenvalue weighted by Crippen LogP contribution is -1.97. The highest BCUT2D eigenvalue weighted by molar-refractivity contribution is 5.69. The third kappa shape index (κ3) is 29.5. The van der Waals surface area contributed by atoms with Crippen LogP contribution in [0, 0.1) is 11.3 Å². The van der Waals surface area contributed by atoms with E-state index in [-0.39, 0.29) is 0 Å². The van der Waals surface area contributed by atoms with E-state index in [0.29, 0.717) is 0 Å². The summed E-state index contributed by atoms with van der Waals surface area (Å²) in [4.78, 5) is 9.38. The Hall–Kier alpha value is -1.08. The van der Waals surface area contributed by atoms with Crippen molar-refractivity contribution < 1.29 is 14.6 Å². The van der Waals surface area contributed by atoms with Crippen LogP contribution in [0.3, 0.4) is 0 Å². The number of ether oxygens (including phenoxy) is 1. The molecule has 0 unspecified atom stereocenters. The van der Waals surface area contributed by atoms with Gasteiger partial charge in [-0.2, -0.15) is 5.26 Å². The molecule has 0 aliphatic rings. The number of nitriles is 1. The quantitative estimate of drug-likeness (QED) is 0.391.